The molecular weight excluding hydrogens is 486 g/mol. The van der Waals surface area contributed by atoms with Crippen LogP contribution >= 0.6 is 0 Å². The number of carbonyl (C=O) groups excluding carboxylic acids is 1. The van der Waals surface area contributed by atoms with Crippen molar-refractivity contribution in [3.05, 3.63) is 48.6 Å². The molecule has 0 bridgehead atoms. The quantitative estimate of drug-likeness (QED) is 0.0682. The topological polar surface area (TPSA) is 104 Å². The highest BCUT2D eigenvalue weighted by molar-refractivity contribution is 7.85. The summed E-state index contributed by atoms with van der Waals surface area (Å²) in [6.45, 7) is 4.30. The number of aliphatic hydroxyl groups is 1. The minimum atomic E-state index is -4.33. The van der Waals surface area contributed by atoms with Crippen LogP contribution in [0.5, 0.6) is 0 Å². The maximum atomic E-state index is 12.3. The maximum Gasteiger partial charge on any atom is 0.267 e. The molecule has 0 aromatic heterocycles. The number of rotatable bonds is 24. The predicted octanol–water partition coefficient (Wildman–Crippen LogP) is 7.23. The first-order chi connectivity index (χ1) is 17.8. The van der Waals surface area contributed by atoms with Gasteiger partial charge in [0.1, 0.15) is 0 Å². The number of hydrogen-bond donors (Lipinski definition) is 3. The molecule has 0 aliphatic rings. The Morgan fingerprint density at radius 2 is 1.30 bits per heavy atom. The van der Waals surface area contributed by atoms with Crippen LogP contribution < -0.4 is 5.32 Å². The van der Waals surface area contributed by atoms with E-state index in [9.17, 15) is 22.9 Å². The second-order valence-corrected chi connectivity index (χ2v) is 11.1. The van der Waals surface area contributed by atoms with Crippen molar-refractivity contribution in [2.45, 2.75) is 129 Å². The molecule has 6 nitrogen and oxygen atoms in total. The van der Waals surface area contributed by atoms with Gasteiger partial charge < -0.3 is 10.4 Å². The molecule has 0 saturated heterocycles. The molecule has 214 valence electrons. The van der Waals surface area contributed by atoms with E-state index >= 15 is 0 Å². The standard InChI is InChI=1S/C30H53NO5S/c1-3-5-7-9-11-12-13-14-15-16-17-18-20-22-24-26-30(33)31-28(27-37(34,35)36)29(32)25-23-21-19-10-8-6-4-2/h5,7,11-12,14-15,23,25,28-29,32H,3-4,6,8-10,13,16-22,24,26-27H2,1-2H3,(H,31,33)(H,34,35,36)/b7-5-,12-11-,15-14-,25-23+. The Labute approximate surface area is 227 Å². The van der Waals surface area contributed by atoms with E-state index in [0.717, 1.165) is 70.6 Å². The van der Waals surface area contributed by atoms with Crippen molar-refractivity contribution < 1.29 is 22.9 Å². The SMILES string of the molecule is CC/C=C\C/C=C\C/C=C\CCCCCCCC(=O)NC(CS(=O)(=O)O)C(O)/C=C/CCCCCCC. The van der Waals surface area contributed by atoms with Crippen molar-refractivity contribution in [1.82, 2.24) is 5.32 Å². The minimum absolute atomic E-state index is 0.273. The molecule has 0 aromatic carbocycles. The van der Waals surface area contributed by atoms with Gasteiger partial charge in [-0.2, -0.15) is 8.42 Å². The molecule has 2 atom stereocenters. The second kappa shape index (κ2) is 24.6. The molecule has 0 rings (SSSR count). The first-order valence-corrected chi connectivity index (χ1v) is 15.9. The van der Waals surface area contributed by atoms with Gasteiger partial charge in [0.05, 0.1) is 17.9 Å². The van der Waals surface area contributed by atoms with Crippen molar-refractivity contribution in [2.24, 2.45) is 0 Å². The summed E-state index contributed by atoms with van der Waals surface area (Å²) in [5, 5.41) is 13.0. The van der Waals surface area contributed by atoms with Gasteiger partial charge in [0, 0.05) is 6.42 Å². The number of amides is 1. The molecule has 1 amide bonds. The van der Waals surface area contributed by atoms with E-state index in [1.807, 2.05) is 6.08 Å². The Balaban J connectivity index is 4.11. The normalized spacial score (nSPS) is 14.4. The van der Waals surface area contributed by atoms with Gasteiger partial charge in [-0.25, -0.2) is 0 Å². The Bertz CT molecular complexity index is 771. The lowest BCUT2D eigenvalue weighted by atomic mass is 10.1. The van der Waals surface area contributed by atoms with Crippen molar-refractivity contribution in [3.63, 3.8) is 0 Å². The maximum absolute atomic E-state index is 12.3. The molecule has 37 heavy (non-hydrogen) atoms. The molecule has 2 unspecified atom stereocenters. The molecule has 7 heteroatoms. The van der Waals surface area contributed by atoms with E-state index in [1.165, 1.54) is 25.3 Å². The summed E-state index contributed by atoms with van der Waals surface area (Å²) >= 11 is 0. The summed E-state index contributed by atoms with van der Waals surface area (Å²) in [4.78, 5) is 12.3. The minimum Gasteiger partial charge on any atom is -0.387 e. The largest absolute Gasteiger partial charge is 0.387 e. The molecule has 0 saturated carbocycles. The molecule has 0 radical (unpaired) electrons. The molecule has 0 spiro atoms. The third kappa shape index (κ3) is 25.7. The van der Waals surface area contributed by atoms with Gasteiger partial charge in [0.2, 0.25) is 5.91 Å². The van der Waals surface area contributed by atoms with Crippen LogP contribution in [0.15, 0.2) is 48.6 Å². The van der Waals surface area contributed by atoms with Gasteiger partial charge in [-0.3, -0.25) is 9.35 Å². The molecule has 0 fully saturated rings. The van der Waals surface area contributed by atoms with Crippen LogP contribution in [-0.4, -0.2) is 41.9 Å². The average molecular weight is 540 g/mol. The fourth-order valence-corrected chi connectivity index (χ4v) is 4.61. The van der Waals surface area contributed by atoms with Gasteiger partial charge in [0.25, 0.3) is 10.1 Å². The number of nitrogens with one attached hydrogen (secondary N) is 1. The zero-order chi connectivity index (χ0) is 27.6. The highest BCUT2D eigenvalue weighted by Crippen LogP contribution is 2.10. The lowest BCUT2D eigenvalue weighted by Crippen LogP contribution is -2.46. The Hall–Kier alpha value is -1.70. The second-order valence-electron chi connectivity index (χ2n) is 9.64. The molecular formula is C30H53NO5S. The molecule has 0 aromatic rings. The van der Waals surface area contributed by atoms with Crippen molar-refractivity contribution in [1.29, 1.82) is 0 Å². The third-order valence-electron chi connectivity index (χ3n) is 6.01. The highest BCUT2D eigenvalue weighted by atomic mass is 32.2. The highest BCUT2D eigenvalue weighted by Gasteiger charge is 2.24. The average Bonchev–Trinajstić information content (AvgIpc) is 2.84. The first-order valence-electron chi connectivity index (χ1n) is 14.3. The Morgan fingerprint density at radius 3 is 1.92 bits per heavy atom. The monoisotopic (exact) mass is 539 g/mol. The van der Waals surface area contributed by atoms with Crippen LogP contribution in [0.4, 0.5) is 0 Å². The van der Waals surface area contributed by atoms with Gasteiger partial charge in [-0.1, -0.05) is 107 Å². The summed E-state index contributed by atoms with van der Waals surface area (Å²) in [7, 11) is -4.33. The van der Waals surface area contributed by atoms with E-state index in [-0.39, 0.29) is 12.3 Å². The number of allylic oxidation sites excluding steroid dienone is 7. The van der Waals surface area contributed by atoms with Crippen LogP contribution in [0, 0.1) is 0 Å². The van der Waals surface area contributed by atoms with Crippen LogP contribution in [0.1, 0.15) is 117 Å². The van der Waals surface area contributed by atoms with Gasteiger partial charge in [0.15, 0.2) is 0 Å². The fourth-order valence-electron chi connectivity index (χ4n) is 3.87. The van der Waals surface area contributed by atoms with Crippen LogP contribution in [0.3, 0.4) is 0 Å². The van der Waals surface area contributed by atoms with E-state index in [0.29, 0.717) is 6.42 Å². The van der Waals surface area contributed by atoms with E-state index in [1.54, 1.807) is 0 Å². The van der Waals surface area contributed by atoms with Crippen LogP contribution in [0.2, 0.25) is 0 Å². The lowest BCUT2D eigenvalue weighted by Gasteiger charge is -2.21. The molecule has 0 heterocycles. The predicted molar refractivity (Wildman–Crippen MR) is 156 cm³/mol. The summed E-state index contributed by atoms with van der Waals surface area (Å²) in [5.41, 5.74) is 0. The van der Waals surface area contributed by atoms with Crippen molar-refractivity contribution >= 4 is 16.0 Å². The summed E-state index contributed by atoms with van der Waals surface area (Å²) in [6.07, 6.45) is 31.1. The van der Waals surface area contributed by atoms with Crippen molar-refractivity contribution in [2.75, 3.05) is 5.75 Å². The number of aliphatic hydroxyl groups excluding tert-OH is 1. The van der Waals surface area contributed by atoms with Gasteiger partial charge in [-0.05, 0) is 51.4 Å². The molecule has 3 N–H and O–H groups in total. The zero-order valence-electron chi connectivity index (χ0n) is 23.3. The van der Waals surface area contributed by atoms with Crippen molar-refractivity contribution in [3.8, 4) is 0 Å². The lowest BCUT2D eigenvalue weighted by molar-refractivity contribution is -0.122. The molecule has 0 aliphatic carbocycles. The smallest absolute Gasteiger partial charge is 0.267 e. The van der Waals surface area contributed by atoms with E-state index in [2.05, 4.69) is 55.6 Å². The number of carbonyl (C=O) groups is 1. The molecule has 0 aliphatic heterocycles. The summed E-state index contributed by atoms with van der Waals surface area (Å²) in [5.74, 6) is -1.01. The van der Waals surface area contributed by atoms with Crippen LogP contribution in [0.25, 0.3) is 0 Å². The van der Waals surface area contributed by atoms with Crippen LogP contribution in [-0.2, 0) is 14.9 Å². The fraction of sp³-hybridized carbons (Fsp3) is 0.700. The van der Waals surface area contributed by atoms with E-state index in [4.69, 9.17) is 0 Å². The summed E-state index contributed by atoms with van der Waals surface area (Å²) < 4.78 is 32.0. The van der Waals surface area contributed by atoms with Gasteiger partial charge >= 0.3 is 0 Å². The zero-order valence-corrected chi connectivity index (χ0v) is 24.1. The Kier molecular flexibility index (Phi) is 23.5. The third-order valence-corrected chi connectivity index (χ3v) is 6.79. The number of hydrogen-bond acceptors (Lipinski definition) is 4. The number of unbranched alkanes of at least 4 members (excludes halogenated alkanes) is 10. The summed E-state index contributed by atoms with van der Waals surface area (Å²) in [6, 6.07) is -1.06. The first kappa shape index (κ1) is 35.3. The van der Waals surface area contributed by atoms with Gasteiger partial charge in [-0.15, -0.1) is 0 Å². The Morgan fingerprint density at radius 1 is 0.757 bits per heavy atom. The van der Waals surface area contributed by atoms with E-state index < -0.39 is 28.0 Å².